The molecule has 0 aliphatic carbocycles. The van der Waals surface area contributed by atoms with Crippen molar-refractivity contribution in [1.82, 2.24) is 5.32 Å². The summed E-state index contributed by atoms with van der Waals surface area (Å²) in [5.41, 5.74) is 0. The Bertz CT molecular complexity index is 200. The smallest absolute Gasteiger partial charge is 0.222 e. The van der Waals surface area contributed by atoms with Crippen molar-refractivity contribution in [3.8, 4) is 0 Å². The fourth-order valence-corrected chi connectivity index (χ4v) is 2.01. The number of rotatable bonds is 12. The second kappa shape index (κ2) is 13.2. The largest absolute Gasteiger partial charge is 0.393 e. The van der Waals surface area contributed by atoms with Gasteiger partial charge in [-0.2, -0.15) is 0 Å². The molecule has 0 aromatic carbocycles. The summed E-state index contributed by atoms with van der Waals surface area (Å²) in [6.45, 7) is 2.85. The summed E-state index contributed by atoms with van der Waals surface area (Å²) >= 11 is 5.54. The Morgan fingerprint density at radius 1 is 1.17 bits per heavy atom. The van der Waals surface area contributed by atoms with E-state index in [1.807, 2.05) is 0 Å². The zero-order chi connectivity index (χ0) is 13.6. The van der Waals surface area contributed by atoms with Gasteiger partial charge in [0, 0.05) is 12.4 Å². The highest BCUT2D eigenvalue weighted by Crippen LogP contribution is 2.09. The number of carbonyl (C=O) groups is 1. The lowest BCUT2D eigenvalue weighted by molar-refractivity contribution is -0.123. The van der Waals surface area contributed by atoms with Crippen LogP contribution in [0.1, 0.15) is 64.7 Å². The molecule has 0 rings (SSSR count). The molecule has 3 nitrogen and oxygen atoms in total. The van der Waals surface area contributed by atoms with E-state index in [-0.39, 0.29) is 12.3 Å². The van der Waals surface area contributed by atoms with E-state index in [9.17, 15) is 9.90 Å². The van der Waals surface area contributed by atoms with E-state index in [1.54, 1.807) is 0 Å². The molecule has 4 heteroatoms. The lowest BCUT2D eigenvalue weighted by atomic mass is 10.1. The summed E-state index contributed by atoms with van der Waals surface area (Å²) in [7, 11) is 0. The Kier molecular flexibility index (Phi) is 13.0. The normalized spacial score (nSPS) is 12.4. The van der Waals surface area contributed by atoms with Crippen molar-refractivity contribution < 1.29 is 9.90 Å². The summed E-state index contributed by atoms with van der Waals surface area (Å²) in [4.78, 5) is 11.4. The number of alkyl halides is 1. The second-order valence-electron chi connectivity index (χ2n) is 4.81. The molecule has 0 aromatic heterocycles. The fourth-order valence-electron chi connectivity index (χ4n) is 1.82. The van der Waals surface area contributed by atoms with Gasteiger partial charge in [-0.15, -0.1) is 11.6 Å². The molecule has 108 valence electrons. The van der Waals surface area contributed by atoms with Crippen LogP contribution < -0.4 is 5.32 Å². The molecule has 0 saturated heterocycles. The number of unbranched alkanes of at least 4 members (excludes halogenated alkanes) is 5. The monoisotopic (exact) mass is 277 g/mol. The highest BCUT2D eigenvalue weighted by molar-refractivity contribution is 6.17. The van der Waals surface area contributed by atoms with E-state index < -0.39 is 6.10 Å². The van der Waals surface area contributed by atoms with Crippen molar-refractivity contribution in [2.24, 2.45) is 0 Å². The van der Waals surface area contributed by atoms with Gasteiger partial charge >= 0.3 is 0 Å². The fraction of sp³-hybridized carbons (Fsp3) is 0.929. The topological polar surface area (TPSA) is 49.3 Å². The molecule has 0 spiro atoms. The molecule has 0 bridgehead atoms. The maximum Gasteiger partial charge on any atom is 0.222 e. The Labute approximate surface area is 116 Å². The molecule has 2 N–H and O–H groups in total. The standard InChI is InChI=1S/C14H28ClNO2/c1-2-3-4-5-6-9-13(17)12-14(18)16-11-8-7-10-15/h13,17H,2-12H2,1H3,(H,16,18)/t13-/m1/s1. The SMILES string of the molecule is CCCCCCC[C@@H](O)CC(=O)NCCCCCl. The minimum absolute atomic E-state index is 0.0503. The quantitative estimate of drug-likeness (QED) is 0.425. The third kappa shape index (κ3) is 12.2. The lowest BCUT2D eigenvalue weighted by Crippen LogP contribution is -2.28. The summed E-state index contributed by atoms with van der Waals surface area (Å²) < 4.78 is 0. The first-order valence-corrected chi connectivity index (χ1v) is 7.74. The van der Waals surface area contributed by atoms with Gasteiger partial charge in [-0.1, -0.05) is 39.0 Å². The van der Waals surface area contributed by atoms with Crippen LogP contribution in [0.25, 0.3) is 0 Å². The first-order valence-electron chi connectivity index (χ1n) is 7.21. The van der Waals surface area contributed by atoms with Crippen LogP contribution >= 0.6 is 11.6 Å². The number of nitrogens with one attached hydrogen (secondary N) is 1. The number of aliphatic hydroxyl groups excluding tert-OH is 1. The summed E-state index contributed by atoms with van der Waals surface area (Å²) in [5.74, 6) is 0.585. The lowest BCUT2D eigenvalue weighted by Gasteiger charge is -2.10. The summed E-state index contributed by atoms with van der Waals surface area (Å²) in [6.07, 6.45) is 8.19. The number of carbonyl (C=O) groups excluding carboxylic acids is 1. The van der Waals surface area contributed by atoms with Crippen molar-refractivity contribution in [2.45, 2.75) is 70.8 Å². The Balaban J connectivity index is 3.37. The molecule has 0 unspecified atom stereocenters. The molecule has 0 heterocycles. The number of hydrogen-bond acceptors (Lipinski definition) is 2. The van der Waals surface area contributed by atoms with E-state index >= 15 is 0 Å². The van der Waals surface area contributed by atoms with Gasteiger partial charge in [-0.3, -0.25) is 4.79 Å². The van der Waals surface area contributed by atoms with Crippen molar-refractivity contribution in [3.05, 3.63) is 0 Å². The molecule has 0 aliphatic heterocycles. The van der Waals surface area contributed by atoms with Gasteiger partial charge in [0.2, 0.25) is 5.91 Å². The van der Waals surface area contributed by atoms with Gasteiger partial charge < -0.3 is 10.4 Å². The van der Waals surface area contributed by atoms with Gasteiger partial charge in [0.25, 0.3) is 0 Å². The van der Waals surface area contributed by atoms with Crippen LogP contribution in [0.5, 0.6) is 0 Å². The molecular weight excluding hydrogens is 250 g/mol. The molecule has 1 amide bonds. The van der Waals surface area contributed by atoms with Gasteiger partial charge in [-0.05, 0) is 19.3 Å². The van der Waals surface area contributed by atoms with Crippen LogP contribution in [0.3, 0.4) is 0 Å². The van der Waals surface area contributed by atoms with E-state index in [4.69, 9.17) is 11.6 Å². The van der Waals surface area contributed by atoms with E-state index in [1.165, 1.54) is 19.3 Å². The Morgan fingerprint density at radius 3 is 2.56 bits per heavy atom. The van der Waals surface area contributed by atoms with Crippen LogP contribution in [-0.2, 0) is 4.79 Å². The van der Waals surface area contributed by atoms with Crippen LogP contribution in [0.4, 0.5) is 0 Å². The van der Waals surface area contributed by atoms with Gasteiger partial charge in [-0.25, -0.2) is 0 Å². The Morgan fingerprint density at radius 2 is 1.89 bits per heavy atom. The Hall–Kier alpha value is -0.280. The van der Waals surface area contributed by atoms with Crippen molar-refractivity contribution in [1.29, 1.82) is 0 Å². The minimum atomic E-state index is -0.486. The zero-order valence-corrected chi connectivity index (χ0v) is 12.3. The highest BCUT2D eigenvalue weighted by atomic mass is 35.5. The molecule has 0 fully saturated rings. The molecule has 1 atom stereocenters. The average molecular weight is 278 g/mol. The minimum Gasteiger partial charge on any atom is -0.393 e. The predicted molar refractivity (Wildman–Crippen MR) is 77.0 cm³/mol. The average Bonchev–Trinajstić information content (AvgIpc) is 2.34. The van der Waals surface area contributed by atoms with Gasteiger partial charge in [0.1, 0.15) is 0 Å². The molecular formula is C14H28ClNO2. The second-order valence-corrected chi connectivity index (χ2v) is 5.18. The van der Waals surface area contributed by atoms with Crippen LogP contribution in [0.2, 0.25) is 0 Å². The number of halogens is 1. The predicted octanol–water partition coefficient (Wildman–Crippen LogP) is 3.23. The molecule has 0 saturated carbocycles. The van der Waals surface area contributed by atoms with Crippen LogP contribution in [0.15, 0.2) is 0 Å². The number of hydrogen-bond donors (Lipinski definition) is 2. The first kappa shape index (κ1) is 17.7. The molecule has 18 heavy (non-hydrogen) atoms. The molecule has 0 radical (unpaired) electrons. The zero-order valence-electron chi connectivity index (χ0n) is 11.6. The number of amides is 1. The number of aliphatic hydroxyl groups is 1. The molecule has 0 aliphatic rings. The summed E-state index contributed by atoms with van der Waals surface area (Å²) in [5, 5.41) is 12.5. The summed E-state index contributed by atoms with van der Waals surface area (Å²) in [6, 6.07) is 0. The third-order valence-electron chi connectivity index (χ3n) is 2.94. The van der Waals surface area contributed by atoms with E-state index in [2.05, 4.69) is 12.2 Å². The maximum atomic E-state index is 11.4. The van der Waals surface area contributed by atoms with Gasteiger partial charge in [0.05, 0.1) is 12.5 Å². The molecule has 0 aromatic rings. The van der Waals surface area contributed by atoms with Crippen molar-refractivity contribution >= 4 is 17.5 Å². The maximum absolute atomic E-state index is 11.4. The van der Waals surface area contributed by atoms with Gasteiger partial charge in [0.15, 0.2) is 0 Å². The van der Waals surface area contributed by atoms with E-state index in [0.29, 0.717) is 12.4 Å². The van der Waals surface area contributed by atoms with Crippen LogP contribution in [-0.4, -0.2) is 29.5 Å². The van der Waals surface area contributed by atoms with Crippen molar-refractivity contribution in [3.63, 3.8) is 0 Å². The van der Waals surface area contributed by atoms with E-state index in [0.717, 1.165) is 32.1 Å². The first-order chi connectivity index (χ1) is 8.70. The highest BCUT2D eigenvalue weighted by Gasteiger charge is 2.09. The van der Waals surface area contributed by atoms with Crippen LogP contribution in [0, 0.1) is 0 Å². The van der Waals surface area contributed by atoms with Crippen molar-refractivity contribution in [2.75, 3.05) is 12.4 Å². The third-order valence-corrected chi connectivity index (χ3v) is 3.21.